The summed E-state index contributed by atoms with van der Waals surface area (Å²) in [6, 6.07) is 0. The lowest BCUT2D eigenvalue weighted by Gasteiger charge is -2.31. The van der Waals surface area contributed by atoms with Crippen molar-refractivity contribution >= 4 is 29.9 Å². The average Bonchev–Trinajstić information content (AvgIpc) is 1.58. The van der Waals surface area contributed by atoms with Crippen LogP contribution in [-0.2, 0) is 0 Å². The van der Waals surface area contributed by atoms with E-state index < -0.39 is 17.3 Å². The smallest absolute Gasteiger partial charge is 0.467 e. The summed E-state index contributed by atoms with van der Waals surface area (Å²) < 4.78 is 69.4. The fourth-order valence-corrected chi connectivity index (χ4v) is 0.515. The number of hydrogen-bond acceptors (Lipinski definition) is 0. The van der Waals surface area contributed by atoms with Gasteiger partial charge in [0.2, 0.25) is 0 Å². The van der Waals surface area contributed by atoms with Crippen molar-refractivity contribution in [3.8, 4) is 0 Å². The predicted octanol–water partition coefficient (Wildman–Crippen LogP) is 3.11. The third-order valence-electron chi connectivity index (χ3n) is 0.822. The molecule has 0 aromatic rings. The first kappa shape index (κ1) is 11.2. The van der Waals surface area contributed by atoms with E-state index >= 15 is 0 Å². The summed E-state index contributed by atoms with van der Waals surface area (Å²) in [5.41, 5.74) is 0. The Bertz CT molecular complexity index is 130. The van der Waals surface area contributed by atoms with Crippen molar-refractivity contribution in [3.05, 3.63) is 0 Å². The normalized spacial score (nSPS) is 15.3. The van der Waals surface area contributed by atoms with E-state index in [-0.39, 0.29) is 0 Å². The molecule has 0 bridgehead atoms. The first-order valence-corrected chi connectivity index (χ1v) is 2.90. The molecule has 0 aromatic heterocycles. The zero-order valence-corrected chi connectivity index (χ0v) is 6.11. The molecular formula is C2BCl2F6-. The Balaban J connectivity index is 4.75. The molecule has 0 unspecified atom stereocenters. The van der Waals surface area contributed by atoms with Crippen LogP contribution in [0.5, 0.6) is 0 Å². The maximum Gasteiger partial charge on any atom is 0.477 e. The van der Waals surface area contributed by atoms with Gasteiger partial charge in [0.1, 0.15) is 0 Å². The van der Waals surface area contributed by atoms with Gasteiger partial charge >= 0.3 is 6.70 Å². The van der Waals surface area contributed by atoms with Crippen LogP contribution < -0.4 is 0 Å². The van der Waals surface area contributed by atoms with Gasteiger partial charge < -0.3 is 8.63 Å². The molecule has 11 heavy (non-hydrogen) atoms. The van der Waals surface area contributed by atoms with Gasteiger partial charge in [-0.1, -0.05) is 23.2 Å². The maximum absolute atomic E-state index is 11.7. The van der Waals surface area contributed by atoms with Gasteiger partial charge in [0, 0.05) is 0 Å². The summed E-state index contributed by atoms with van der Waals surface area (Å²) >= 11 is 7.38. The van der Waals surface area contributed by atoms with Crippen molar-refractivity contribution in [2.24, 2.45) is 0 Å². The Morgan fingerprint density at radius 3 is 1.00 bits per heavy atom. The summed E-state index contributed by atoms with van der Waals surface area (Å²) in [7, 11) is 0. The summed E-state index contributed by atoms with van der Waals surface area (Å²) in [5, 5.41) is -10.6. The molecule has 0 aliphatic rings. The molecule has 9 heteroatoms. The predicted molar refractivity (Wildman–Crippen MR) is 29.6 cm³/mol. The van der Waals surface area contributed by atoms with Crippen molar-refractivity contribution in [2.45, 2.75) is 10.6 Å². The van der Waals surface area contributed by atoms with Crippen molar-refractivity contribution < 1.29 is 26.2 Å². The van der Waals surface area contributed by atoms with E-state index in [1.807, 2.05) is 0 Å². The molecule has 0 amide bonds. The van der Waals surface area contributed by atoms with Crippen LogP contribution in [0.15, 0.2) is 0 Å². The van der Waals surface area contributed by atoms with Crippen LogP contribution in [0.4, 0.5) is 26.2 Å². The maximum atomic E-state index is 11.7. The molecule has 0 rings (SSSR count). The van der Waals surface area contributed by atoms with E-state index in [9.17, 15) is 26.2 Å². The lowest BCUT2D eigenvalue weighted by Crippen LogP contribution is -2.54. The second-order valence-electron chi connectivity index (χ2n) is 1.75. The molecule has 0 aliphatic carbocycles. The molecule has 0 aliphatic heterocycles. The minimum absolute atomic E-state index is 3.69. The largest absolute Gasteiger partial charge is 0.477 e. The molecular weight excluding hydrogens is 220 g/mol. The van der Waals surface area contributed by atoms with Crippen molar-refractivity contribution in [2.75, 3.05) is 0 Å². The van der Waals surface area contributed by atoms with Crippen LogP contribution in [0.25, 0.3) is 0 Å². The number of rotatable bonds is 2. The third-order valence-corrected chi connectivity index (χ3v) is 1.37. The zero-order chi connectivity index (χ0) is 9.50. The highest BCUT2D eigenvalue weighted by molar-refractivity contribution is 6.84. The van der Waals surface area contributed by atoms with Crippen LogP contribution in [-0.4, -0.2) is 17.3 Å². The van der Waals surface area contributed by atoms with Gasteiger partial charge in [0.15, 0.2) is 0 Å². The van der Waals surface area contributed by atoms with Gasteiger partial charge in [-0.05, 0) is 0 Å². The molecule has 0 atom stereocenters. The third kappa shape index (κ3) is 2.08. The monoisotopic (exact) mass is 219 g/mol. The Hall–Kier alpha value is 0.225. The Labute approximate surface area is 67.5 Å². The second kappa shape index (κ2) is 2.62. The summed E-state index contributed by atoms with van der Waals surface area (Å²) in [4.78, 5) is 0. The lowest BCUT2D eigenvalue weighted by molar-refractivity contribution is 0.0800. The molecule has 0 radical (unpaired) electrons. The van der Waals surface area contributed by atoms with Gasteiger partial charge in [-0.25, -0.2) is 17.6 Å². The standard InChI is InChI=1S/C2BCl2F6/c4-1(6,7)3(10,11)2(5,8)9/q-1. The van der Waals surface area contributed by atoms with Gasteiger partial charge in [0.05, 0.1) is 0 Å². The summed E-state index contributed by atoms with van der Waals surface area (Å²) in [6.45, 7) is -6.43. The van der Waals surface area contributed by atoms with Crippen LogP contribution >= 0.6 is 23.2 Å². The van der Waals surface area contributed by atoms with E-state index in [1.165, 1.54) is 0 Å². The van der Waals surface area contributed by atoms with E-state index in [0.717, 1.165) is 0 Å². The Kier molecular flexibility index (Phi) is 2.67. The lowest BCUT2D eigenvalue weighted by atomic mass is 9.65. The molecule has 0 fully saturated rings. The Morgan fingerprint density at radius 2 is 1.00 bits per heavy atom. The van der Waals surface area contributed by atoms with Crippen LogP contribution in [0, 0.1) is 0 Å². The van der Waals surface area contributed by atoms with Gasteiger partial charge in [-0.3, -0.25) is 0 Å². The first-order valence-electron chi connectivity index (χ1n) is 2.15. The first-order chi connectivity index (χ1) is 4.50. The number of alkyl halides is 6. The number of halogens is 8. The molecule has 0 nitrogen and oxygen atoms in total. The van der Waals surface area contributed by atoms with Gasteiger partial charge in [0.25, 0.3) is 10.6 Å². The SMILES string of the molecule is F[B-](F)(C(F)(F)Cl)C(F)(F)Cl. The van der Waals surface area contributed by atoms with Crippen molar-refractivity contribution in [3.63, 3.8) is 0 Å². The van der Waals surface area contributed by atoms with E-state index in [4.69, 9.17) is 0 Å². The summed E-state index contributed by atoms with van der Waals surface area (Å²) in [5.74, 6) is 0. The minimum atomic E-state index is -6.43. The van der Waals surface area contributed by atoms with E-state index in [2.05, 4.69) is 23.2 Å². The van der Waals surface area contributed by atoms with Gasteiger partial charge in [-0.2, -0.15) is 0 Å². The quantitative estimate of drug-likeness (QED) is 0.380. The van der Waals surface area contributed by atoms with Crippen molar-refractivity contribution in [1.82, 2.24) is 0 Å². The fraction of sp³-hybridized carbons (Fsp3) is 1.00. The fourth-order valence-electron chi connectivity index (χ4n) is 0.186. The highest BCUT2D eigenvalue weighted by Gasteiger charge is 2.65. The zero-order valence-electron chi connectivity index (χ0n) is 4.60. The highest BCUT2D eigenvalue weighted by atomic mass is 35.5. The Morgan fingerprint density at radius 1 is 0.818 bits per heavy atom. The highest BCUT2D eigenvalue weighted by Crippen LogP contribution is 2.45. The minimum Gasteiger partial charge on any atom is -0.467 e. The molecule has 0 saturated carbocycles. The molecule has 0 N–H and O–H groups in total. The van der Waals surface area contributed by atoms with E-state index in [1.54, 1.807) is 0 Å². The molecule has 68 valence electrons. The van der Waals surface area contributed by atoms with Crippen LogP contribution in [0.2, 0.25) is 0 Å². The van der Waals surface area contributed by atoms with Crippen molar-refractivity contribution in [1.29, 1.82) is 0 Å². The van der Waals surface area contributed by atoms with Gasteiger partial charge in [-0.15, -0.1) is 0 Å². The molecule has 0 saturated heterocycles. The van der Waals surface area contributed by atoms with Crippen LogP contribution in [0.1, 0.15) is 0 Å². The second-order valence-corrected chi connectivity index (χ2v) is 2.75. The molecule has 0 heterocycles. The average molecular weight is 220 g/mol. The van der Waals surface area contributed by atoms with Crippen LogP contribution in [0.3, 0.4) is 0 Å². The number of hydrogen-bond donors (Lipinski definition) is 0. The topological polar surface area (TPSA) is 0 Å². The van der Waals surface area contributed by atoms with E-state index in [0.29, 0.717) is 0 Å². The summed E-state index contributed by atoms with van der Waals surface area (Å²) in [6.07, 6.45) is 0. The molecule has 0 spiro atoms. The molecule has 0 aromatic carbocycles.